The number of halogens is 1. The first-order valence-electron chi connectivity index (χ1n) is 4.47. The number of hydrogen-bond donors (Lipinski definition) is 1. The molecule has 0 fully saturated rings. The first-order valence-corrected chi connectivity index (χ1v) is 4.85. The molecule has 1 N–H and O–H groups in total. The number of hydrogen-bond acceptors (Lipinski definition) is 6. The van der Waals surface area contributed by atoms with Gasteiger partial charge >= 0.3 is 5.69 Å². The lowest BCUT2D eigenvalue weighted by atomic mass is 10.3. The number of aromatic nitrogens is 2. The molecule has 8 heteroatoms. The third-order valence-corrected chi connectivity index (χ3v) is 1.98. The van der Waals surface area contributed by atoms with Crippen LogP contribution in [0.2, 0.25) is 5.28 Å². The lowest BCUT2D eigenvalue weighted by Crippen LogP contribution is -2.12. The Morgan fingerprint density at radius 1 is 1.56 bits per heavy atom. The first-order chi connectivity index (χ1) is 7.56. The molecule has 0 aliphatic rings. The minimum Gasteiger partial charge on any atom is -0.383 e. The molecular weight excluding hydrogens is 236 g/mol. The fourth-order valence-corrected chi connectivity index (χ4v) is 1.36. The Kier molecular flexibility index (Phi) is 4.39. The van der Waals surface area contributed by atoms with Crippen molar-refractivity contribution in [1.82, 2.24) is 9.97 Å². The number of ether oxygens (including phenoxy) is 1. The Morgan fingerprint density at radius 3 is 2.81 bits per heavy atom. The zero-order valence-electron chi connectivity index (χ0n) is 8.86. The van der Waals surface area contributed by atoms with Gasteiger partial charge in [0.25, 0.3) is 0 Å². The second kappa shape index (κ2) is 5.57. The van der Waals surface area contributed by atoms with E-state index in [0.717, 1.165) is 0 Å². The number of nitrogens with zero attached hydrogens (tertiary/aromatic N) is 3. The normalized spacial score (nSPS) is 10.2. The number of aryl methyl sites for hydroxylation is 1. The fourth-order valence-electron chi connectivity index (χ4n) is 1.15. The van der Waals surface area contributed by atoms with Crippen molar-refractivity contribution in [3.8, 4) is 0 Å². The van der Waals surface area contributed by atoms with Gasteiger partial charge in [0, 0.05) is 13.7 Å². The largest absolute Gasteiger partial charge is 0.383 e. The summed E-state index contributed by atoms with van der Waals surface area (Å²) in [5.74, 6) is 0.111. The minimum absolute atomic E-state index is 0.0250. The summed E-state index contributed by atoms with van der Waals surface area (Å²) < 4.78 is 4.82. The summed E-state index contributed by atoms with van der Waals surface area (Å²) in [5.41, 5.74) is 0.0606. The van der Waals surface area contributed by atoms with Crippen LogP contribution in [0.3, 0.4) is 0 Å². The number of nitro groups is 1. The Labute approximate surface area is 97.0 Å². The predicted octanol–water partition coefficient (Wildman–Crippen LogP) is 1.40. The maximum absolute atomic E-state index is 10.8. The SMILES string of the molecule is COCCNc1nc(Cl)nc(C)c1[N+](=O)[O-]. The molecule has 0 atom stereocenters. The van der Waals surface area contributed by atoms with Gasteiger partial charge in [-0.15, -0.1) is 0 Å². The van der Waals surface area contributed by atoms with Crippen LogP contribution in [-0.2, 0) is 4.74 Å². The molecule has 7 nitrogen and oxygen atoms in total. The monoisotopic (exact) mass is 246 g/mol. The maximum Gasteiger partial charge on any atom is 0.332 e. The van der Waals surface area contributed by atoms with Crippen LogP contribution < -0.4 is 5.32 Å². The minimum atomic E-state index is -0.541. The molecule has 1 aromatic rings. The molecule has 16 heavy (non-hydrogen) atoms. The van der Waals surface area contributed by atoms with Crippen molar-refractivity contribution in [2.75, 3.05) is 25.6 Å². The molecule has 0 bridgehead atoms. The Morgan fingerprint density at radius 2 is 2.25 bits per heavy atom. The quantitative estimate of drug-likeness (QED) is 0.366. The Hall–Kier alpha value is -1.47. The van der Waals surface area contributed by atoms with Crippen LogP contribution in [0.25, 0.3) is 0 Å². The molecule has 1 rings (SSSR count). The molecule has 0 saturated heterocycles. The van der Waals surface area contributed by atoms with Crippen LogP contribution in [0.5, 0.6) is 0 Å². The fraction of sp³-hybridized carbons (Fsp3) is 0.500. The summed E-state index contributed by atoms with van der Waals surface area (Å²) in [6, 6.07) is 0. The lowest BCUT2D eigenvalue weighted by Gasteiger charge is -2.06. The molecule has 0 aliphatic carbocycles. The molecule has 0 aliphatic heterocycles. The van der Waals surface area contributed by atoms with Gasteiger partial charge in [-0.3, -0.25) is 10.1 Å². The molecule has 0 spiro atoms. The van der Waals surface area contributed by atoms with Gasteiger partial charge in [-0.25, -0.2) is 4.98 Å². The number of rotatable bonds is 5. The van der Waals surface area contributed by atoms with E-state index < -0.39 is 4.92 Å². The summed E-state index contributed by atoms with van der Waals surface area (Å²) in [4.78, 5) is 17.8. The van der Waals surface area contributed by atoms with Gasteiger partial charge in [0.1, 0.15) is 5.69 Å². The smallest absolute Gasteiger partial charge is 0.332 e. The van der Waals surface area contributed by atoms with Crippen LogP contribution in [0.15, 0.2) is 0 Å². The summed E-state index contributed by atoms with van der Waals surface area (Å²) in [7, 11) is 1.54. The highest BCUT2D eigenvalue weighted by atomic mass is 35.5. The van der Waals surface area contributed by atoms with Crippen molar-refractivity contribution in [3.05, 3.63) is 21.1 Å². The van der Waals surface area contributed by atoms with Crippen LogP contribution in [-0.4, -0.2) is 35.2 Å². The molecule has 0 amide bonds. The zero-order chi connectivity index (χ0) is 12.1. The topological polar surface area (TPSA) is 90.2 Å². The van der Waals surface area contributed by atoms with E-state index in [4.69, 9.17) is 16.3 Å². The van der Waals surface area contributed by atoms with E-state index in [1.807, 2.05) is 0 Å². The van der Waals surface area contributed by atoms with E-state index in [2.05, 4.69) is 15.3 Å². The predicted molar refractivity (Wildman–Crippen MR) is 58.8 cm³/mol. The molecule has 1 aromatic heterocycles. The van der Waals surface area contributed by atoms with Crippen molar-refractivity contribution in [2.45, 2.75) is 6.92 Å². The molecule has 88 valence electrons. The van der Waals surface area contributed by atoms with Crippen molar-refractivity contribution >= 4 is 23.1 Å². The summed E-state index contributed by atoms with van der Waals surface area (Å²) in [6.45, 7) is 2.33. The average molecular weight is 247 g/mol. The lowest BCUT2D eigenvalue weighted by molar-refractivity contribution is -0.385. The third kappa shape index (κ3) is 3.01. The van der Waals surface area contributed by atoms with Crippen molar-refractivity contribution in [1.29, 1.82) is 0 Å². The van der Waals surface area contributed by atoms with E-state index in [9.17, 15) is 10.1 Å². The van der Waals surface area contributed by atoms with Gasteiger partial charge in [-0.1, -0.05) is 0 Å². The van der Waals surface area contributed by atoms with Crippen LogP contribution >= 0.6 is 11.6 Å². The zero-order valence-corrected chi connectivity index (χ0v) is 9.61. The number of nitrogens with one attached hydrogen (secondary N) is 1. The summed E-state index contributed by atoms with van der Waals surface area (Å²) in [6.07, 6.45) is 0. The van der Waals surface area contributed by atoms with Crippen molar-refractivity contribution in [3.63, 3.8) is 0 Å². The second-order valence-corrected chi connectivity index (χ2v) is 3.29. The van der Waals surface area contributed by atoms with Crippen LogP contribution in [0.4, 0.5) is 11.5 Å². The highest BCUT2D eigenvalue weighted by molar-refractivity contribution is 6.28. The van der Waals surface area contributed by atoms with Gasteiger partial charge in [-0.05, 0) is 18.5 Å². The molecule has 0 unspecified atom stereocenters. The van der Waals surface area contributed by atoms with Gasteiger partial charge in [0.2, 0.25) is 11.1 Å². The van der Waals surface area contributed by atoms with Crippen molar-refractivity contribution in [2.24, 2.45) is 0 Å². The maximum atomic E-state index is 10.8. The Balaban J connectivity index is 2.99. The highest BCUT2D eigenvalue weighted by Crippen LogP contribution is 2.25. The number of methoxy groups -OCH3 is 1. The number of anilines is 1. The van der Waals surface area contributed by atoms with E-state index >= 15 is 0 Å². The molecule has 1 heterocycles. The van der Waals surface area contributed by atoms with Crippen molar-refractivity contribution < 1.29 is 9.66 Å². The molecular formula is C8H11ClN4O3. The highest BCUT2D eigenvalue weighted by Gasteiger charge is 2.21. The van der Waals surface area contributed by atoms with E-state index in [-0.39, 0.29) is 22.5 Å². The average Bonchev–Trinajstić information content (AvgIpc) is 2.16. The van der Waals surface area contributed by atoms with E-state index in [1.54, 1.807) is 0 Å². The first kappa shape index (κ1) is 12.6. The van der Waals surface area contributed by atoms with Crippen LogP contribution in [0, 0.1) is 17.0 Å². The van der Waals surface area contributed by atoms with E-state index in [0.29, 0.717) is 13.2 Å². The molecule has 0 saturated carbocycles. The van der Waals surface area contributed by atoms with Gasteiger partial charge in [0.15, 0.2) is 0 Å². The standard InChI is InChI=1S/C8H11ClN4O3/c1-5-6(13(14)15)7(10-3-4-16-2)12-8(9)11-5/h3-4H2,1-2H3,(H,10,11,12). The second-order valence-electron chi connectivity index (χ2n) is 2.95. The Bertz CT molecular complexity index is 399. The molecule has 0 aromatic carbocycles. The summed E-state index contributed by atoms with van der Waals surface area (Å²) >= 11 is 5.62. The van der Waals surface area contributed by atoms with Gasteiger partial charge in [0.05, 0.1) is 11.5 Å². The van der Waals surface area contributed by atoms with E-state index in [1.165, 1.54) is 14.0 Å². The van der Waals surface area contributed by atoms with Crippen LogP contribution in [0.1, 0.15) is 5.69 Å². The third-order valence-electron chi connectivity index (χ3n) is 1.81. The van der Waals surface area contributed by atoms with Gasteiger partial charge < -0.3 is 10.1 Å². The van der Waals surface area contributed by atoms with Gasteiger partial charge in [-0.2, -0.15) is 4.98 Å². The molecule has 0 radical (unpaired) electrons. The summed E-state index contributed by atoms with van der Waals surface area (Å²) in [5, 5.41) is 13.5.